The Balaban J connectivity index is 2.70. The van der Waals surface area contributed by atoms with Crippen molar-refractivity contribution in [3.63, 3.8) is 0 Å². The second-order valence-electron chi connectivity index (χ2n) is 3.50. The number of imidazole rings is 1. The van der Waals surface area contributed by atoms with E-state index in [0.29, 0.717) is 11.0 Å². The van der Waals surface area contributed by atoms with Crippen molar-refractivity contribution >= 4 is 51.8 Å². The molecule has 0 spiro atoms. The van der Waals surface area contributed by atoms with E-state index in [-0.39, 0.29) is 11.4 Å². The highest BCUT2D eigenvalue weighted by atomic mass is 35.6. The Hall–Kier alpha value is -0.970. The molecule has 90 valence electrons. The van der Waals surface area contributed by atoms with Crippen molar-refractivity contribution in [1.29, 1.82) is 0 Å². The fraction of sp³-hybridized carbons (Fsp3) is 0.200. The highest BCUT2D eigenvalue weighted by Gasteiger charge is 2.29. The fourth-order valence-electron chi connectivity index (χ4n) is 1.59. The molecular formula is C10H7Cl3N2O2. The molecule has 2 aromatic rings. The molecule has 7 heteroatoms. The molecule has 0 aliphatic heterocycles. The van der Waals surface area contributed by atoms with Crippen molar-refractivity contribution in [1.82, 2.24) is 9.55 Å². The first-order valence-corrected chi connectivity index (χ1v) is 5.71. The Labute approximate surface area is 112 Å². The highest BCUT2D eigenvalue weighted by molar-refractivity contribution is 6.66. The molecule has 0 aliphatic rings. The molecule has 0 saturated carbocycles. The van der Waals surface area contributed by atoms with Crippen molar-refractivity contribution in [2.24, 2.45) is 7.05 Å². The number of nitrogens with zero attached hydrogens (tertiary/aromatic N) is 2. The molecule has 1 N–H and O–H groups in total. The van der Waals surface area contributed by atoms with Crippen LogP contribution in [-0.2, 0) is 10.8 Å². The fourth-order valence-corrected chi connectivity index (χ4v) is 2.09. The summed E-state index contributed by atoms with van der Waals surface area (Å²) in [6, 6.07) is 4.55. The van der Waals surface area contributed by atoms with Gasteiger partial charge in [-0.15, -0.1) is 0 Å². The van der Waals surface area contributed by atoms with E-state index in [9.17, 15) is 4.79 Å². The molecule has 1 heterocycles. The molecule has 1 aromatic heterocycles. The van der Waals surface area contributed by atoms with Gasteiger partial charge in [0.1, 0.15) is 0 Å². The van der Waals surface area contributed by atoms with E-state index >= 15 is 0 Å². The third-order valence-corrected chi connectivity index (χ3v) is 2.89. The lowest BCUT2D eigenvalue weighted by Crippen LogP contribution is -2.08. The van der Waals surface area contributed by atoms with Crippen LogP contribution in [-0.4, -0.2) is 20.6 Å². The first-order chi connectivity index (χ1) is 7.80. The summed E-state index contributed by atoms with van der Waals surface area (Å²) in [6.45, 7) is 0. The van der Waals surface area contributed by atoms with Crippen LogP contribution in [0.3, 0.4) is 0 Å². The SMILES string of the molecule is Cn1c(C(Cl)(Cl)Cl)nc2cc(C(=O)O)ccc21. The van der Waals surface area contributed by atoms with Crippen LogP contribution in [0, 0.1) is 0 Å². The van der Waals surface area contributed by atoms with Gasteiger partial charge in [-0.05, 0) is 18.2 Å². The standard InChI is InChI=1S/C10H7Cl3N2O2/c1-15-7-3-2-5(8(16)17)4-6(7)14-9(15)10(11,12)13/h2-4H,1H3,(H,16,17). The topological polar surface area (TPSA) is 55.1 Å². The van der Waals surface area contributed by atoms with Crippen LogP contribution in [0.15, 0.2) is 18.2 Å². The minimum Gasteiger partial charge on any atom is -0.478 e. The number of benzene rings is 1. The average Bonchev–Trinajstić information content (AvgIpc) is 2.55. The zero-order valence-electron chi connectivity index (χ0n) is 8.62. The summed E-state index contributed by atoms with van der Waals surface area (Å²) in [5, 5.41) is 8.87. The number of carboxylic acids is 1. The van der Waals surface area contributed by atoms with Gasteiger partial charge in [0.25, 0.3) is 0 Å². The first-order valence-electron chi connectivity index (χ1n) is 4.57. The average molecular weight is 294 g/mol. The number of rotatable bonds is 1. The highest BCUT2D eigenvalue weighted by Crippen LogP contribution is 2.38. The number of aryl methyl sites for hydroxylation is 1. The smallest absolute Gasteiger partial charge is 0.335 e. The van der Waals surface area contributed by atoms with Crippen LogP contribution in [0.5, 0.6) is 0 Å². The molecule has 17 heavy (non-hydrogen) atoms. The van der Waals surface area contributed by atoms with Gasteiger partial charge in [0.05, 0.1) is 16.6 Å². The number of halogens is 3. The summed E-state index contributed by atoms with van der Waals surface area (Å²) in [6.07, 6.45) is 0. The van der Waals surface area contributed by atoms with Gasteiger partial charge in [0.2, 0.25) is 3.79 Å². The van der Waals surface area contributed by atoms with E-state index in [4.69, 9.17) is 39.9 Å². The summed E-state index contributed by atoms with van der Waals surface area (Å²) in [5.41, 5.74) is 1.33. The Kier molecular flexibility index (Phi) is 2.97. The van der Waals surface area contributed by atoms with Gasteiger partial charge >= 0.3 is 5.97 Å². The number of hydrogen-bond donors (Lipinski definition) is 1. The van der Waals surface area contributed by atoms with Gasteiger partial charge in [-0.2, -0.15) is 0 Å². The number of carboxylic acid groups (broad SMARTS) is 1. The maximum atomic E-state index is 10.8. The van der Waals surface area contributed by atoms with Crippen molar-refractivity contribution in [2.75, 3.05) is 0 Å². The van der Waals surface area contributed by atoms with Crippen molar-refractivity contribution in [3.05, 3.63) is 29.6 Å². The van der Waals surface area contributed by atoms with Gasteiger partial charge < -0.3 is 9.67 Å². The predicted molar refractivity (Wildman–Crippen MR) is 66.9 cm³/mol. The number of aromatic nitrogens is 2. The van der Waals surface area contributed by atoms with E-state index < -0.39 is 9.76 Å². The number of carbonyl (C=O) groups is 1. The predicted octanol–water partition coefficient (Wildman–Crippen LogP) is 3.10. The minimum atomic E-state index is -1.64. The Morgan fingerprint density at radius 3 is 2.59 bits per heavy atom. The lowest BCUT2D eigenvalue weighted by molar-refractivity contribution is 0.0697. The quantitative estimate of drug-likeness (QED) is 0.822. The Morgan fingerprint density at radius 1 is 1.41 bits per heavy atom. The summed E-state index contributed by atoms with van der Waals surface area (Å²) < 4.78 is -0.0227. The lowest BCUT2D eigenvalue weighted by Gasteiger charge is -2.09. The second-order valence-corrected chi connectivity index (χ2v) is 5.78. The van der Waals surface area contributed by atoms with Crippen molar-refractivity contribution < 1.29 is 9.90 Å². The summed E-state index contributed by atoms with van der Waals surface area (Å²) in [7, 11) is 1.70. The number of aromatic carboxylic acids is 1. The number of alkyl halides is 3. The third-order valence-electron chi connectivity index (χ3n) is 2.38. The Bertz CT molecular complexity index is 601. The van der Waals surface area contributed by atoms with Crippen molar-refractivity contribution in [3.8, 4) is 0 Å². The van der Waals surface area contributed by atoms with Gasteiger partial charge in [0.15, 0.2) is 5.82 Å². The molecule has 0 saturated heterocycles. The van der Waals surface area contributed by atoms with E-state index in [1.165, 1.54) is 12.1 Å². The molecule has 0 bridgehead atoms. The van der Waals surface area contributed by atoms with E-state index in [1.807, 2.05) is 0 Å². The van der Waals surface area contributed by atoms with Crippen LogP contribution >= 0.6 is 34.8 Å². The van der Waals surface area contributed by atoms with Crippen LogP contribution in [0.25, 0.3) is 11.0 Å². The third kappa shape index (κ3) is 2.20. The largest absolute Gasteiger partial charge is 0.478 e. The molecular weight excluding hydrogens is 286 g/mol. The van der Waals surface area contributed by atoms with E-state index in [1.54, 1.807) is 17.7 Å². The summed E-state index contributed by atoms with van der Waals surface area (Å²) in [5.74, 6) is -0.770. The number of hydrogen-bond acceptors (Lipinski definition) is 2. The molecule has 0 amide bonds. The van der Waals surface area contributed by atoms with Gasteiger partial charge in [0, 0.05) is 7.05 Å². The summed E-state index contributed by atoms with van der Waals surface area (Å²) in [4.78, 5) is 15.0. The first kappa shape index (κ1) is 12.5. The van der Waals surface area contributed by atoms with Gasteiger partial charge in [-0.1, -0.05) is 34.8 Å². The lowest BCUT2D eigenvalue weighted by atomic mass is 10.2. The molecule has 0 radical (unpaired) electrons. The van der Waals surface area contributed by atoms with Crippen LogP contribution in [0.4, 0.5) is 0 Å². The molecule has 0 fully saturated rings. The summed E-state index contributed by atoms with van der Waals surface area (Å²) >= 11 is 17.3. The maximum Gasteiger partial charge on any atom is 0.335 e. The zero-order valence-corrected chi connectivity index (χ0v) is 10.9. The molecule has 2 rings (SSSR count). The molecule has 0 atom stereocenters. The van der Waals surface area contributed by atoms with Crippen LogP contribution in [0.2, 0.25) is 0 Å². The maximum absolute atomic E-state index is 10.8. The Morgan fingerprint density at radius 2 is 2.06 bits per heavy atom. The van der Waals surface area contributed by atoms with E-state index in [2.05, 4.69) is 4.98 Å². The second kappa shape index (κ2) is 4.05. The van der Waals surface area contributed by atoms with Gasteiger partial charge in [-0.3, -0.25) is 0 Å². The monoisotopic (exact) mass is 292 g/mol. The molecule has 4 nitrogen and oxygen atoms in total. The number of fused-ring (bicyclic) bond motifs is 1. The van der Waals surface area contributed by atoms with Crippen LogP contribution < -0.4 is 0 Å². The van der Waals surface area contributed by atoms with Crippen molar-refractivity contribution in [2.45, 2.75) is 3.79 Å². The van der Waals surface area contributed by atoms with E-state index in [0.717, 1.165) is 0 Å². The molecule has 1 aromatic carbocycles. The minimum absolute atomic E-state index is 0.145. The molecule has 0 unspecified atom stereocenters. The normalized spacial score (nSPS) is 12.0. The van der Waals surface area contributed by atoms with Crippen LogP contribution in [0.1, 0.15) is 16.2 Å². The zero-order chi connectivity index (χ0) is 12.8. The van der Waals surface area contributed by atoms with Gasteiger partial charge in [-0.25, -0.2) is 9.78 Å². The molecule has 0 aliphatic carbocycles.